The number of ether oxygens (including phenoxy) is 1. The zero-order valence-electron chi connectivity index (χ0n) is 13.3. The number of methoxy groups -OCH3 is 1. The minimum absolute atomic E-state index is 0.464. The molecule has 3 heteroatoms. The second kappa shape index (κ2) is 5.92. The van der Waals surface area contributed by atoms with Crippen LogP contribution in [-0.2, 0) is 6.42 Å². The van der Waals surface area contributed by atoms with E-state index in [2.05, 4.69) is 53.3 Å². The van der Waals surface area contributed by atoms with Crippen molar-refractivity contribution in [3.05, 3.63) is 28.2 Å². The molecule has 2 aliphatic carbocycles. The Labute approximate surface area is 136 Å². The van der Waals surface area contributed by atoms with Crippen molar-refractivity contribution in [2.75, 3.05) is 13.7 Å². The number of benzene rings is 1. The van der Waals surface area contributed by atoms with Crippen molar-refractivity contribution in [2.45, 2.75) is 45.6 Å². The Hall–Kier alpha value is -0.540. The van der Waals surface area contributed by atoms with Crippen LogP contribution >= 0.6 is 15.9 Å². The minimum atomic E-state index is 0.464. The van der Waals surface area contributed by atoms with E-state index in [9.17, 15) is 0 Å². The quantitative estimate of drug-likeness (QED) is 0.819. The summed E-state index contributed by atoms with van der Waals surface area (Å²) in [7, 11) is 1.72. The van der Waals surface area contributed by atoms with Gasteiger partial charge in [0.1, 0.15) is 5.75 Å². The predicted octanol–water partition coefficient (Wildman–Crippen LogP) is 4.41. The van der Waals surface area contributed by atoms with Crippen molar-refractivity contribution >= 4 is 15.9 Å². The number of hydrogen-bond acceptors (Lipinski definition) is 2. The topological polar surface area (TPSA) is 21.3 Å². The van der Waals surface area contributed by atoms with Crippen LogP contribution < -0.4 is 10.1 Å². The molecule has 2 atom stereocenters. The Morgan fingerprint density at radius 3 is 2.62 bits per heavy atom. The van der Waals surface area contributed by atoms with E-state index in [0.29, 0.717) is 11.5 Å². The molecule has 21 heavy (non-hydrogen) atoms. The number of fused-ring (bicyclic) bond motifs is 1. The van der Waals surface area contributed by atoms with Crippen LogP contribution in [0.15, 0.2) is 22.7 Å². The molecule has 0 bridgehead atoms. The van der Waals surface area contributed by atoms with Gasteiger partial charge in [0.15, 0.2) is 0 Å². The Kier molecular flexibility index (Phi) is 4.33. The smallest absolute Gasteiger partial charge is 0.133 e. The van der Waals surface area contributed by atoms with Gasteiger partial charge in [0, 0.05) is 12.6 Å². The fraction of sp³-hybridized carbons (Fsp3) is 0.667. The maximum Gasteiger partial charge on any atom is 0.133 e. The summed E-state index contributed by atoms with van der Waals surface area (Å²) >= 11 is 3.62. The van der Waals surface area contributed by atoms with Crippen LogP contribution in [0.4, 0.5) is 0 Å². The molecular weight excluding hydrogens is 326 g/mol. The first-order valence-electron chi connectivity index (χ1n) is 8.07. The van der Waals surface area contributed by atoms with Gasteiger partial charge in [-0.1, -0.05) is 19.9 Å². The van der Waals surface area contributed by atoms with Gasteiger partial charge in [-0.25, -0.2) is 0 Å². The summed E-state index contributed by atoms with van der Waals surface area (Å²) in [4.78, 5) is 0. The first-order valence-corrected chi connectivity index (χ1v) is 8.86. The number of rotatable bonds is 6. The summed E-state index contributed by atoms with van der Waals surface area (Å²) in [5.74, 6) is 2.95. The first kappa shape index (κ1) is 15.4. The van der Waals surface area contributed by atoms with Crippen molar-refractivity contribution < 1.29 is 4.74 Å². The van der Waals surface area contributed by atoms with Gasteiger partial charge in [-0.3, -0.25) is 0 Å². The lowest BCUT2D eigenvalue weighted by atomic mass is 9.77. The molecule has 2 nitrogen and oxygen atoms in total. The van der Waals surface area contributed by atoms with Gasteiger partial charge in [0.25, 0.3) is 0 Å². The van der Waals surface area contributed by atoms with Crippen molar-refractivity contribution in [1.29, 1.82) is 0 Å². The van der Waals surface area contributed by atoms with Gasteiger partial charge < -0.3 is 10.1 Å². The molecule has 0 aliphatic heterocycles. The van der Waals surface area contributed by atoms with E-state index in [-0.39, 0.29) is 0 Å². The molecule has 0 spiro atoms. The number of halogens is 1. The highest BCUT2D eigenvalue weighted by molar-refractivity contribution is 9.10. The lowest BCUT2D eigenvalue weighted by Crippen LogP contribution is -2.38. The van der Waals surface area contributed by atoms with Gasteiger partial charge >= 0.3 is 0 Å². The molecule has 116 valence electrons. The summed E-state index contributed by atoms with van der Waals surface area (Å²) in [5.41, 5.74) is 1.89. The van der Waals surface area contributed by atoms with Crippen molar-refractivity contribution in [2.24, 2.45) is 17.3 Å². The van der Waals surface area contributed by atoms with Crippen LogP contribution in [0.5, 0.6) is 5.75 Å². The minimum Gasteiger partial charge on any atom is -0.496 e. The van der Waals surface area contributed by atoms with E-state index in [4.69, 9.17) is 4.74 Å². The number of hydrogen-bond donors (Lipinski definition) is 1. The molecule has 3 rings (SSSR count). The average Bonchev–Trinajstić information content (AvgIpc) is 3.05. The van der Waals surface area contributed by atoms with E-state index in [1.54, 1.807) is 7.11 Å². The highest BCUT2D eigenvalue weighted by Gasteiger charge is 2.53. The third kappa shape index (κ3) is 3.45. The summed E-state index contributed by atoms with van der Waals surface area (Å²) < 4.78 is 6.41. The highest BCUT2D eigenvalue weighted by atomic mass is 79.9. The standard InChI is InChI=1S/C18H26BrNO/c1-12(2)20-11-18(9-14-7-15(14)10-18)8-13-4-5-17(21-3)16(19)6-13/h4-6,12,14-15,20H,7-11H2,1-3H3. The van der Waals surface area contributed by atoms with E-state index in [0.717, 1.165) is 28.6 Å². The van der Waals surface area contributed by atoms with E-state index < -0.39 is 0 Å². The maximum absolute atomic E-state index is 5.34. The second-order valence-electron chi connectivity index (χ2n) is 7.35. The Morgan fingerprint density at radius 1 is 1.33 bits per heavy atom. The molecule has 1 aromatic carbocycles. The third-order valence-electron chi connectivity index (χ3n) is 5.14. The van der Waals surface area contributed by atoms with Crippen LogP contribution in [0, 0.1) is 17.3 Å². The molecular formula is C18H26BrNO. The lowest BCUT2D eigenvalue weighted by molar-refractivity contribution is 0.241. The Balaban J connectivity index is 1.73. The van der Waals surface area contributed by atoms with Gasteiger partial charge in [0.2, 0.25) is 0 Å². The van der Waals surface area contributed by atoms with Crippen LogP contribution in [0.1, 0.15) is 38.7 Å². The highest BCUT2D eigenvalue weighted by Crippen LogP contribution is 2.60. The molecule has 0 amide bonds. The second-order valence-corrected chi connectivity index (χ2v) is 8.20. The number of nitrogens with one attached hydrogen (secondary N) is 1. The molecule has 1 N–H and O–H groups in total. The molecule has 2 saturated carbocycles. The van der Waals surface area contributed by atoms with Crippen molar-refractivity contribution in [3.63, 3.8) is 0 Å². The van der Waals surface area contributed by atoms with Crippen LogP contribution in [0.2, 0.25) is 0 Å². The molecule has 0 aromatic heterocycles. The predicted molar refractivity (Wildman–Crippen MR) is 90.8 cm³/mol. The van der Waals surface area contributed by atoms with Crippen molar-refractivity contribution in [3.8, 4) is 5.75 Å². The molecule has 2 aliphatic rings. The average molecular weight is 352 g/mol. The van der Waals surface area contributed by atoms with Gasteiger partial charge in [-0.15, -0.1) is 0 Å². The van der Waals surface area contributed by atoms with Crippen molar-refractivity contribution in [1.82, 2.24) is 5.32 Å². The maximum atomic E-state index is 5.34. The van der Waals surface area contributed by atoms with Crippen LogP contribution in [0.25, 0.3) is 0 Å². The zero-order valence-corrected chi connectivity index (χ0v) is 14.9. The monoisotopic (exact) mass is 351 g/mol. The Bertz CT molecular complexity index is 504. The molecule has 2 fully saturated rings. The fourth-order valence-corrected chi connectivity index (χ4v) is 4.62. The normalized spacial score (nSPS) is 30.5. The van der Waals surface area contributed by atoms with E-state index in [1.165, 1.54) is 31.2 Å². The largest absolute Gasteiger partial charge is 0.496 e. The zero-order chi connectivity index (χ0) is 15.0. The summed E-state index contributed by atoms with van der Waals surface area (Å²) in [5, 5.41) is 3.69. The van der Waals surface area contributed by atoms with Gasteiger partial charge in [-0.2, -0.15) is 0 Å². The van der Waals surface area contributed by atoms with E-state index in [1.807, 2.05) is 0 Å². The van der Waals surface area contributed by atoms with E-state index >= 15 is 0 Å². The van der Waals surface area contributed by atoms with Crippen LogP contribution in [0.3, 0.4) is 0 Å². The lowest BCUT2D eigenvalue weighted by Gasteiger charge is -2.32. The molecule has 1 aromatic rings. The third-order valence-corrected chi connectivity index (χ3v) is 5.76. The van der Waals surface area contributed by atoms with Gasteiger partial charge in [0.05, 0.1) is 11.6 Å². The van der Waals surface area contributed by atoms with Crippen LogP contribution in [-0.4, -0.2) is 19.7 Å². The summed E-state index contributed by atoms with van der Waals surface area (Å²) in [6.45, 7) is 5.64. The Morgan fingerprint density at radius 2 is 2.05 bits per heavy atom. The summed E-state index contributed by atoms with van der Waals surface area (Å²) in [6, 6.07) is 7.12. The van der Waals surface area contributed by atoms with Gasteiger partial charge in [-0.05, 0) is 76.6 Å². The molecule has 0 heterocycles. The molecule has 2 unspecified atom stereocenters. The molecule has 0 radical (unpaired) electrons. The fourth-order valence-electron chi connectivity index (χ4n) is 4.03. The first-order chi connectivity index (χ1) is 10.0. The SMILES string of the molecule is COc1ccc(CC2(CNC(C)C)CC3CC3C2)cc1Br. The molecule has 0 saturated heterocycles. The summed E-state index contributed by atoms with van der Waals surface area (Å²) in [6.07, 6.45) is 5.47.